The van der Waals surface area contributed by atoms with Crippen molar-refractivity contribution in [3.8, 4) is 0 Å². The zero-order valence-corrected chi connectivity index (χ0v) is 7.73. The van der Waals surface area contributed by atoms with Crippen molar-refractivity contribution in [1.29, 1.82) is 0 Å². The summed E-state index contributed by atoms with van der Waals surface area (Å²) in [5.74, 6) is 0.963. The summed E-state index contributed by atoms with van der Waals surface area (Å²) < 4.78 is 2.02. The van der Waals surface area contributed by atoms with E-state index in [1.54, 1.807) is 11.1 Å². The van der Waals surface area contributed by atoms with Gasteiger partial charge in [-0.15, -0.1) is 0 Å². The second-order valence-corrected chi connectivity index (χ2v) is 3.17. The van der Waals surface area contributed by atoms with Gasteiger partial charge in [0, 0.05) is 31.9 Å². The summed E-state index contributed by atoms with van der Waals surface area (Å²) in [7, 11) is 0. The molecular weight excluding hydrogens is 166 g/mol. The number of carbonyl (C=O) groups excluding carboxylic acids is 1. The first-order valence-corrected chi connectivity index (χ1v) is 4.64. The average Bonchev–Trinajstić information content (AvgIpc) is 2.63. The zero-order chi connectivity index (χ0) is 9.26. The number of rotatable bonds is 1. The molecule has 13 heavy (non-hydrogen) atoms. The van der Waals surface area contributed by atoms with Crippen LogP contribution < -0.4 is 4.90 Å². The largest absolute Gasteiger partial charge is 0.317 e. The maximum absolute atomic E-state index is 11.5. The first-order valence-electron chi connectivity index (χ1n) is 4.64. The summed E-state index contributed by atoms with van der Waals surface area (Å²) in [6.45, 7) is 3.66. The molecule has 0 N–H and O–H groups in total. The molecule has 2 rings (SSSR count). The third-order valence-electron chi connectivity index (χ3n) is 2.32. The molecule has 0 aromatic carbocycles. The second-order valence-electron chi connectivity index (χ2n) is 3.17. The van der Waals surface area contributed by atoms with E-state index in [-0.39, 0.29) is 5.91 Å². The summed E-state index contributed by atoms with van der Waals surface area (Å²) in [6.07, 6.45) is 5.24. The maximum Gasteiger partial charge on any atom is 0.229 e. The lowest BCUT2D eigenvalue weighted by Crippen LogP contribution is -2.37. The first kappa shape index (κ1) is 8.29. The molecular formula is C9H13N3O. The summed E-state index contributed by atoms with van der Waals surface area (Å²) in [5, 5.41) is 0. The summed E-state index contributed by atoms with van der Waals surface area (Å²) in [5.41, 5.74) is 0. The molecule has 1 amide bonds. The Labute approximate surface area is 77.2 Å². The van der Waals surface area contributed by atoms with Crippen molar-refractivity contribution in [2.24, 2.45) is 0 Å². The normalized spacial score (nSPS) is 15.6. The van der Waals surface area contributed by atoms with Crippen LogP contribution in [0.4, 0.5) is 5.95 Å². The van der Waals surface area contributed by atoms with Gasteiger partial charge in [-0.25, -0.2) is 4.98 Å². The standard InChI is InChI=1S/C9H13N3O/c1-2-8(13)12-6-3-5-11-7-4-10-9(11)12/h4,7H,2-3,5-6H2,1H3. The van der Waals surface area contributed by atoms with Crippen LogP contribution in [0.25, 0.3) is 0 Å². The van der Waals surface area contributed by atoms with Gasteiger partial charge in [0.25, 0.3) is 0 Å². The minimum absolute atomic E-state index is 0.159. The predicted molar refractivity (Wildman–Crippen MR) is 49.5 cm³/mol. The highest BCUT2D eigenvalue weighted by atomic mass is 16.2. The number of anilines is 1. The van der Waals surface area contributed by atoms with E-state index in [2.05, 4.69) is 4.98 Å². The van der Waals surface area contributed by atoms with Gasteiger partial charge in [-0.1, -0.05) is 6.92 Å². The van der Waals surface area contributed by atoms with Gasteiger partial charge in [-0.2, -0.15) is 0 Å². The zero-order valence-electron chi connectivity index (χ0n) is 7.73. The van der Waals surface area contributed by atoms with Gasteiger partial charge < -0.3 is 4.57 Å². The molecule has 0 saturated carbocycles. The van der Waals surface area contributed by atoms with Crippen LogP contribution in [0.3, 0.4) is 0 Å². The van der Waals surface area contributed by atoms with Crippen LogP contribution in [0.2, 0.25) is 0 Å². The molecule has 0 unspecified atom stereocenters. The third kappa shape index (κ3) is 1.32. The average molecular weight is 179 g/mol. The lowest BCUT2D eigenvalue weighted by molar-refractivity contribution is -0.118. The Morgan fingerprint density at radius 2 is 2.46 bits per heavy atom. The number of nitrogens with zero attached hydrogens (tertiary/aromatic N) is 3. The number of hydrogen-bond acceptors (Lipinski definition) is 2. The van der Waals surface area contributed by atoms with E-state index < -0.39 is 0 Å². The van der Waals surface area contributed by atoms with E-state index in [1.165, 1.54) is 0 Å². The van der Waals surface area contributed by atoms with Crippen LogP contribution in [0, 0.1) is 0 Å². The minimum atomic E-state index is 0.159. The fourth-order valence-electron chi connectivity index (χ4n) is 1.65. The highest BCUT2D eigenvalue weighted by molar-refractivity contribution is 5.91. The van der Waals surface area contributed by atoms with E-state index in [9.17, 15) is 4.79 Å². The molecule has 70 valence electrons. The molecule has 2 heterocycles. The highest BCUT2D eigenvalue weighted by Crippen LogP contribution is 2.18. The number of imidazole rings is 1. The van der Waals surface area contributed by atoms with Gasteiger partial charge in [0.05, 0.1) is 0 Å². The molecule has 0 aliphatic carbocycles. The minimum Gasteiger partial charge on any atom is -0.317 e. The quantitative estimate of drug-likeness (QED) is 0.645. The van der Waals surface area contributed by atoms with Gasteiger partial charge in [0.2, 0.25) is 11.9 Å². The fraction of sp³-hybridized carbons (Fsp3) is 0.556. The second kappa shape index (κ2) is 3.20. The SMILES string of the molecule is CCC(=O)N1CCCn2ccnc21. The molecule has 4 nitrogen and oxygen atoms in total. The van der Waals surface area contributed by atoms with Gasteiger partial charge in [-0.3, -0.25) is 9.69 Å². The van der Waals surface area contributed by atoms with E-state index >= 15 is 0 Å². The molecule has 0 saturated heterocycles. The number of fused-ring (bicyclic) bond motifs is 1. The summed E-state index contributed by atoms with van der Waals surface area (Å²) >= 11 is 0. The van der Waals surface area contributed by atoms with Crippen LogP contribution >= 0.6 is 0 Å². The van der Waals surface area contributed by atoms with Gasteiger partial charge in [0.15, 0.2) is 0 Å². The number of amides is 1. The third-order valence-corrected chi connectivity index (χ3v) is 2.32. The van der Waals surface area contributed by atoms with Crippen molar-refractivity contribution in [1.82, 2.24) is 9.55 Å². The van der Waals surface area contributed by atoms with Crippen molar-refractivity contribution < 1.29 is 4.79 Å². The van der Waals surface area contributed by atoms with Crippen molar-refractivity contribution in [2.75, 3.05) is 11.4 Å². The highest BCUT2D eigenvalue weighted by Gasteiger charge is 2.21. The Bertz CT molecular complexity index is 318. The van der Waals surface area contributed by atoms with Crippen LogP contribution in [0.5, 0.6) is 0 Å². The van der Waals surface area contributed by atoms with Gasteiger partial charge >= 0.3 is 0 Å². The lowest BCUT2D eigenvalue weighted by Gasteiger charge is -2.26. The smallest absolute Gasteiger partial charge is 0.229 e. The Morgan fingerprint density at radius 1 is 1.62 bits per heavy atom. The topological polar surface area (TPSA) is 38.1 Å². The maximum atomic E-state index is 11.5. The predicted octanol–water partition coefficient (Wildman–Crippen LogP) is 1.03. The van der Waals surface area contributed by atoms with Gasteiger partial charge in [0.1, 0.15) is 0 Å². The Morgan fingerprint density at radius 3 is 3.23 bits per heavy atom. The lowest BCUT2D eigenvalue weighted by atomic mass is 10.3. The van der Waals surface area contributed by atoms with E-state index in [1.807, 2.05) is 17.7 Å². The van der Waals surface area contributed by atoms with E-state index in [0.29, 0.717) is 6.42 Å². The molecule has 1 aliphatic heterocycles. The molecule has 0 atom stereocenters. The Hall–Kier alpha value is -1.32. The van der Waals surface area contributed by atoms with Crippen molar-refractivity contribution >= 4 is 11.9 Å². The number of carbonyl (C=O) groups is 1. The van der Waals surface area contributed by atoms with Crippen molar-refractivity contribution in [2.45, 2.75) is 26.3 Å². The summed E-state index contributed by atoms with van der Waals surface area (Å²) in [6, 6.07) is 0. The van der Waals surface area contributed by atoms with Crippen LogP contribution in [-0.4, -0.2) is 22.0 Å². The molecule has 0 fully saturated rings. The monoisotopic (exact) mass is 179 g/mol. The molecule has 1 aliphatic rings. The van der Waals surface area contributed by atoms with Gasteiger partial charge in [-0.05, 0) is 6.42 Å². The van der Waals surface area contributed by atoms with Crippen molar-refractivity contribution in [3.05, 3.63) is 12.4 Å². The van der Waals surface area contributed by atoms with E-state index in [4.69, 9.17) is 0 Å². The van der Waals surface area contributed by atoms with Crippen molar-refractivity contribution in [3.63, 3.8) is 0 Å². The molecule has 0 radical (unpaired) electrons. The van der Waals surface area contributed by atoms with Crippen LogP contribution in [0.15, 0.2) is 12.4 Å². The molecule has 1 aromatic rings. The summed E-state index contributed by atoms with van der Waals surface area (Å²) in [4.78, 5) is 17.4. The van der Waals surface area contributed by atoms with Crippen LogP contribution in [-0.2, 0) is 11.3 Å². The molecule has 4 heteroatoms. The first-order chi connectivity index (χ1) is 6.33. The Balaban J connectivity index is 2.30. The Kier molecular flexibility index (Phi) is 2.04. The van der Waals surface area contributed by atoms with E-state index in [0.717, 1.165) is 25.5 Å². The van der Waals surface area contributed by atoms with Crippen LogP contribution in [0.1, 0.15) is 19.8 Å². The number of hydrogen-bond donors (Lipinski definition) is 0. The molecule has 1 aromatic heterocycles. The molecule has 0 bridgehead atoms. The number of aryl methyl sites for hydroxylation is 1. The molecule has 0 spiro atoms. The number of aromatic nitrogens is 2. The fourth-order valence-corrected chi connectivity index (χ4v) is 1.65.